The van der Waals surface area contributed by atoms with E-state index in [2.05, 4.69) is 56.0 Å². The molecule has 0 bridgehead atoms. The maximum absolute atomic E-state index is 4.92. The van der Waals surface area contributed by atoms with Crippen LogP contribution in [0.3, 0.4) is 0 Å². The van der Waals surface area contributed by atoms with Crippen molar-refractivity contribution in [3.8, 4) is 0 Å². The number of guanidine groups is 1. The van der Waals surface area contributed by atoms with Gasteiger partial charge in [0.05, 0.1) is 5.69 Å². The molecule has 9 heteroatoms. The zero-order valence-corrected chi connectivity index (χ0v) is 19.1. The molecule has 2 fully saturated rings. The standard InChI is InChI=1S/C17H30N6OS.HI/c1-18-16(19-13-17(21(2)3)5-11-25-14-17)23-8-6-22(7-9-23)12-15-4-10-24-20-15;/h4,10H,5-9,11-14H2,1-3H3,(H,18,19);1H. The van der Waals surface area contributed by atoms with E-state index in [0.29, 0.717) is 0 Å². The molecular formula is C17H31IN6OS. The Morgan fingerprint density at radius 3 is 2.69 bits per heavy atom. The van der Waals surface area contributed by atoms with Crippen molar-refractivity contribution in [3.05, 3.63) is 18.0 Å². The minimum absolute atomic E-state index is 0. The van der Waals surface area contributed by atoms with Gasteiger partial charge in [-0.15, -0.1) is 24.0 Å². The third-order valence-corrected chi connectivity index (χ3v) is 6.60. The minimum Gasteiger partial charge on any atom is -0.364 e. The average molecular weight is 494 g/mol. The van der Waals surface area contributed by atoms with E-state index >= 15 is 0 Å². The fourth-order valence-corrected chi connectivity index (χ4v) is 5.04. The van der Waals surface area contributed by atoms with Crippen LogP contribution in [0.5, 0.6) is 0 Å². The van der Waals surface area contributed by atoms with Crippen LogP contribution in [0, 0.1) is 0 Å². The van der Waals surface area contributed by atoms with E-state index in [1.54, 1.807) is 6.26 Å². The normalized spacial score (nSPS) is 24.8. The van der Waals surface area contributed by atoms with Gasteiger partial charge in [-0.25, -0.2) is 0 Å². The van der Waals surface area contributed by atoms with Gasteiger partial charge in [-0.1, -0.05) is 5.16 Å². The SMILES string of the molecule is CN=C(NCC1(N(C)C)CCSC1)N1CCN(Cc2ccon2)CC1.I. The van der Waals surface area contributed by atoms with Crippen LogP contribution in [0.4, 0.5) is 0 Å². The molecule has 1 atom stereocenters. The van der Waals surface area contributed by atoms with Crippen LogP contribution >= 0.6 is 35.7 Å². The van der Waals surface area contributed by atoms with Crippen molar-refractivity contribution in [2.75, 3.05) is 65.4 Å². The fourth-order valence-electron chi connectivity index (χ4n) is 3.49. The Morgan fingerprint density at radius 1 is 1.38 bits per heavy atom. The van der Waals surface area contributed by atoms with Gasteiger partial charge in [0.1, 0.15) is 6.26 Å². The molecule has 26 heavy (non-hydrogen) atoms. The summed E-state index contributed by atoms with van der Waals surface area (Å²) in [5.74, 6) is 3.47. The van der Waals surface area contributed by atoms with E-state index in [-0.39, 0.29) is 29.5 Å². The molecule has 2 aliphatic rings. The number of aliphatic imine (C=N–C) groups is 1. The highest BCUT2D eigenvalue weighted by Crippen LogP contribution is 2.31. The topological polar surface area (TPSA) is 60.1 Å². The second kappa shape index (κ2) is 10.1. The third-order valence-electron chi connectivity index (χ3n) is 5.37. The Kier molecular flexibility index (Phi) is 8.49. The number of nitrogens with zero attached hydrogens (tertiary/aromatic N) is 5. The Bertz CT molecular complexity index is 554. The van der Waals surface area contributed by atoms with Crippen LogP contribution in [0.2, 0.25) is 0 Å². The number of nitrogens with one attached hydrogen (secondary N) is 1. The minimum atomic E-state index is 0. The summed E-state index contributed by atoms with van der Waals surface area (Å²) >= 11 is 2.05. The second-order valence-electron chi connectivity index (χ2n) is 7.08. The van der Waals surface area contributed by atoms with Crippen LogP contribution in [0.25, 0.3) is 0 Å². The molecule has 7 nitrogen and oxygen atoms in total. The summed E-state index contributed by atoms with van der Waals surface area (Å²) in [7, 11) is 6.27. The second-order valence-corrected chi connectivity index (χ2v) is 8.18. The molecule has 1 aromatic heterocycles. The van der Waals surface area contributed by atoms with Crippen molar-refractivity contribution in [1.82, 2.24) is 25.2 Å². The number of thioether (sulfide) groups is 1. The van der Waals surface area contributed by atoms with Crippen molar-refractivity contribution in [2.24, 2.45) is 4.99 Å². The van der Waals surface area contributed by atoms with Gasteiger partial charge in [0.15, 0.2) is 5.96 Å². The summed E-state index contributed by atoms with van der Waals surface area (Å²) < 4.78 is 4.92. The molecule has 1 N–H and O–H groups in total. The molecule has 2 aliphatic heterocycles. The molecule has 0 aliphatic carbocycles. The molecule has 0 saturated carbocycles. The van der Waals surface area contributed by atoms with E-state index in [1.165, 1.54) is 17.9 Å². The smallest absolute Gasteiger partial charge is 0.193 e. The van der Waals surface area contributed by atoms with E-state index in [1.807, 2.05) is 13.1 Å². The van der Waals surface area contributed by atoms with E-state index in [0.717, 1.165) is 50.9 Å². The van der Waals surface area contributed by atoms with Crippen molar-refractivity contribution in [3.63, 3.8) is 0 Å². The van der Waals surface area contributed by atoms with Crippen molar-refractivity contribution in [1.29, 1.82) is 0 Å². The van der Waals surface area contributed by atoms with Gasteiger partial charge in [-0.3, -0.25) is 9.89 Å². The van der Waals surface area contributed by atoms with Gasteiger partial charge in [0.25, 0.3) is 0 Å². The lowest BCUT2D eigenvalue weighted by atomic mass is 9.97. The third kappa shape index (κ3) is 5.26. The van der Waals surface area contributed by atoms with Gasteiger partial charge >= 0.3 is 0 Å². The first-order valence-electron chi connectivity index (χ1n) is 8.95. The zero-order chi connectivity index (χ0) is 17.7. The number of halogens is 1. The van der Waals surface area contributed by atoms with Gasteiger partial charge < -0.3 is 19.6 Å². The Hall–Kier alpha value is -0.520. The first-order chi connectivity index (χ1) is 12.1. The highest BCUT2D eigenvalue weighted by molar-refractivity contribution is 14.0. The lowest BCUT2D eigenvalue weighted by molar-refractivity contribution is 0.161. The van der Waals surface area contributed by atoms with Crippen molar-refractivity contribution in [2.45, 2.75) is 18.5 Å². The number of rotatable bonds is 5. The first kappa shape index (κ1) is 21.8. The Morgan fingerprint density at radius 2 is 2.15 bits per heavy atom. The molecule has 1 aromatic rings. The molecule has 3 heterocycles. The Balaban J connectivity index is 0.00000243. The predicted octanol–water partition coefficient (Wildman–Crippen LogP) is 1.42. The monoisotopic (exact) mass is 494 g/mol. The molecule has 3 rings (SSSR count). The number of piperazine rings is 1. The van der Waals surface area contributed by atoms with Crippen LogP contribution in [-0.2, 0) is 6.54 Å². The Labute approximate surface area is 177 Å². The van der Waals surface area contributed by atoms with Crippen LogP contribution < -0.4 is 5.32 Å². The molecule has 2 saturated heterocycles. The summed E-state index contributed by atoms with van der Waals surface area (Å²) in [6.07, 6.45) is 2.87. The van der Waals surface area contributed by atoms with Gasteiger partial charge in [-0.05, 0) is 26.3 Å². The highest BCUT2D eigenvalue weighted by atomic mass is 127. The largest absolute Gasteiger partial charge is 0.364 e. The van der Waals surface area contributed by atoms with Crippen LogP contribution in [0.1, 0.15) is 12.1 Å². The number of hydrogen-bond acceptors (Lipinski definition) is 6. The van der Waals surface area contributed by atoms with Gasteiger partial charge in [0.2, 0.25) is 0 Å². The average Bonchev–Trinajstić information content (AvgIpc) is 3.29. The molecule has 0 aromatic carbocycles. The lowest BCUT2D eigenvalue weighted by Crippen LogP contribution is -2.57. The summed E-state index contributed by atoms with van der Waals surface area (Å²) in [5, 5.41) is 7.64. The molecular weight excluding hydrogens is 463 g/mol. The highest BCUT2D eigenvalue weighted by Gasteiger charge is 2.37. The van der Waals surface area contributed by atoms with Crippen molar-refractivity contribution >= 4 is 41.7 Å². The van der Waals surface area contributed by atoms with Gasteiger partial charge in [-0.2, -0.15) is 11.8 Å². The molecule has 0 amide bonds. The maximum atomic E-state index is 4.92. The van der Waals surface area contributed by atoms with Crippen LogP contribution in [-0.4, -0.2) is 96.7 Å². The molecule has 1 unspecified atom stereocenters. The van der Waals surface area contributed by atoms with Crippen LogP contribution in [0.15, 0.2) is 21.8 Å². The zero-order valence-electron chi connectivity index (χ0n) is 16.0. The number of hydrogen-bond donors (Lipinski definition) is 1. The van der Waals surface area contributed by atoms with Gasteiger partial charge in [0, 0.05) is 63.7 Å². The quantitative estimate of drug-likeness (QED) is 0.378. The predicted molar refractivity (Wildman–Crippen MR) is 118 cm³/mol. The first-order valence-corrected chi connectivity index (χ1v) is 10.1. The number of aromatic nitrogens is 1. The lowest BCUT2D eigenvalue weighted by Gasteiger charge is -2.39. The van der Waals surface area contributed by atoms with E-state index in [9.17, 15) is 0 Å². The molecule has 0 radical (unpaired) electrons. The molecule has 0 spiro atoms. The number of likely N-dealkylation sites (N-methyl/N-ethyl adjacent to an activating group) is 1. The van der Waals surface area contributed by atoms with E-state index in [4.69, 9.17) is 4.52 Å². The summed E-state index contributed by atoms with van der Waals surface area (Å²) in [4.78, 5) is 11.7. The summed E-state index contributed by atoms with van der Waals surface area (Å²) in [6.45, 7) is 5.82. The fraction of sp³-hybridized carbons (Fsp3) is 0.765. The summed E-state index contributed by atoms with van der Waals surface area (Å²) in [5.41, 5.74) is 1.25. The molecule has 148 valence electrons. The van der Waals surface area contributed by atoms with Crippen molar-refractivity contribution < 1.29 is 4.52 Å². The van der Waals surface area contributed by atoms with E-state index < -0.39 is 0 Å². The maximum Gasteiger partial charge on any atom is 0.193 e. The summed E-state index contributed by atoms with van der Waals surface area (Å²) in [6, 6.07) is 1.94.